The third-order valence-corrected chi connectivity index (χ3v) is 4.60. The lowest BCUT2D eigenvalue weighted by Crippen LogP contribution is -2.43. The van der Waals surface area contributed by atoms with E-state index in [4.69, 9.17) is 4.42 Å². The van der Waals surface area contributed by atoms with Crippen LogP contribution in [-0.4, -0.2) is 30.6 Å². The number of benzene rings is 1. The number of fused-ring (bicyclic) bond motifs is 2. The Morgan fingerprint density at radius 2 is 2.21 bits per heavy atom. The molecule has 100 valence electrons. The molecule has 2 fully saturated rings. The minimum atomic E-state index is 0.770. The Hall–Kier alpha value is -1.32. The highest BCUT2D eigenvalue weighted by Crippen LogP contribution is 2.27. The van der Waals surface area contributed by atoms with Crippen LogP contribution >= 0.6 is 0 Å². The maximum atomic E-state index is 5.92. The van der Waals surface area contributed by atoms with Crippen molar-refractivity contribution >= 4 is 11.0 Å². The van der Waals surface area contributed by atoms with Crippen LogP contribution in [0.3, 0.4) is 0 Å². The van der Waals surface area contributed by atoms with Gasteiger partial charge in [0.1, 0.15) is 11.3 Å². The molecule has 0 saturated carbocycles. The van der Waals surface area contributed by atoms with Gasteiger partial charge in [0.15, 0.2) is 0 Å². The van der Waals surface area contributed by atoms with E-state index in [9.17, 15) is 0 Å². The molecule has 19 heavy (non-hydrogen) atoms. The van der Waals surface area contributed by atoms with Crippen molar-refractivity contribution in [1.29, 1.82) is 0 Å². The van der Waals surface area contributed by atoms with Gasteiger partial charge in [-0.25, -0.2) is 0 Å². The first-order valence-electron chi connectivity index (χ1n) is 7.32. The molecule has 0 amide bonds. The van der Waals surface area contributed by atoms with Gasteiger partial charge in [-0.05, 0) is 37.4 Å². The molecular weight excluding hydrogens is 236 g/mol. The summed E-state index contributed by atoms with van der Waals surface area (Å²) in [6.45, 7) is 4.56. The van der Waals surface area contributed by atoms with Crippen molar-refractivity contribution in [3.8, 4) is 0 Å². The van der Waals surface area contributed by atoms with Gasteiger partial charge >= 0.3 is 0 Å². The van der Waals surface area contributed by atoms with E-state index in [0.717, 1.165) is 29.8 Å². The Labute approximate surface area is 113 Å². The molecule has 0 bridgehead atoms. The third kappa shape index (κ3) is 2.17. The second-order valence-electron chi connectivity index (χ2n) is 5.88. The lowest BCUT2D eigenvalue weighted by atomic mass is 9.93. The van der Waals surface area contributed by atoms with Crippen molar-refractivity contribution in [3.05, 3.63) is 36.1 Å². The topological polar surface area (TPSA) is 28.4 Å². The van der Waals surface area contributed by atoms with Gasteiger partial charge < -0.3 is 9.73 Å². The summed E-state index contributed by atoms with van der Waals surface area (Å²) in [7, 11) is 0. The van der Waals surface area contributed by atoms with E-state index in [0.29, 0.717) is 0 Å². The van der Waals surface area contributed by atoms with Gasteiger partial charge in [-0.1, -0.05) is 18.2 Å². The Kier molecular flexibility index (Phi) is 2.82. The number of furan rings is 1. The third-order valence-electron chi connectivity index (χ3n) is 4.60. The van der Waals surface area contributed by atoms with Crippen molar-refractivity contribution < 1.29 is 4.42 Å². The fourth-order valence-corrected chi connectivity index (χ4v) is 3.60. The van der Waals surface area contributed by atoms with Crippen LogP contribution in [0.4, 0.5) is 0 Å². The van der Waals surface area contributed by atoms with Crippen LogP contribution in [0.2, 0.25) is 0 Å². The largest absolute Gasteiger partial charge is 0.460 e. The van der Waals surface area contributed by atoms with Gasteiger partial charge in [-0.2, -0.15) is 0 Å². The lowest BCUT2D eigenvalue weighted by Gasteiger charge is -2.34. The molecule has 2 aromatic rings. The SMILES string of the molecule is c1ccc2oc(CN3CCC4NCCC4C3)cc2c1. The molecule has 2 aliphatic heterocycles. The number of hydrogen-bond acceptors (Lipinski definition) is 3. The Bertz CT molecular complexity index is 544. The summed E-state index contributed by atoms with van der Waals surface area (Å²) in [6.07, 6.45) is 2.62. The van der Waals surface area contributed by atoms with Crippen LogP contribution in [0.5, 0.6) is 0 Å². The molecule has 3 nitrogen and oxygen atoms in total. The molecule has 2 aliphatic rings. The normalized spacial score (nSPS) is 27.8. The Morgan fingerprint density at radius 3 is 3.16 bits per heavy atom. The van der Waals surface area contributed by atoms with Crippen molar-refractivity contribution in [3.63, 3.8) is 0 Å². The molecule has 1 aromatic heterocycles. The Morgan fingerprint density at radius 1 is 1.26 bits per heavy atom. The molecule has 2 saturated heterocycles. The minimum absolute atomic E-state index is 0.770. The maximum absolute atomic E-state index is 5.92. The fraction of sp³-hybridized carbons (Fsp3) is 0.500. The number of para-hydroxylation sites is 1. The van der Waals surface area contributed by atoms with E-state index in [1.165, 1.54) is 37.9 Å². The molecule has 0 aliphatic carbocycles. The molecule has 0 radical (unpaired) electrons. The first kappa shape index (κ1) is 11.5. The highest BCUT2D eigenvalue weighted by atomic mass is 16.3. The van der Waals surface area contributed by atoms with E-state index >= 15 is 0 Å². The molecule has 2 unspecified atom stereocenters. The number of nitrogens with one attached hydrogen (secondary N) is 1. The van der Waals surface area contributed by atoms with E-state index in [-0.39, 0.29) is 0 Å². The molecule has 1 N–H and O–H groups in total. The number of likely N-dealkylation sites (tertiary alicyclic amines) is 1. The van der Waals surface area contributed by atoms with Gasteiger partial charge in [0.05, 0.1) is 6.54 Å². The average molecular weight is 256 g/mol. The van der Waals surface area contributed by atoms with Gasteiger partial charge in [-0.15, -0.1) is 0 Å². The predicted octanol–water partition coefficient (Wildman–Crippen LogP) is 2.62. The van der Waals surface area contributed by atoms with Crippen molar-refractivity contribution in [2.75, 3.05) is 19.6 Å². The summed E-state index contributed by atoms with van der Waals surface area (Å²) in [5, 5.41) is 4.83. The maximum Gasteiger partial charge on any atom is 0.134 e. The van der Waals surface area contributed by atoms with E-state index in [2.05, 4.69) is 28.4 Å². The second kappa shape index (κ2) is 4.66. The van der Waals surface area contributed by atoms with E-state index in [1.54, 1.807) is 0 Å². The minimum Gasteiger partial charge on any atom is -0.460 e. The quantitative estimate of drug-likeness (QED) is 0.895. The zero-order valence-corrected chi connectivity index (χ0v) is 11.1. The highest BCUT2D eigenvalue weighted by Gasteiger charge is 2.32. The summed E-state index contributed by atoms with van der Waals surface area (Å²) >= 11 is 0. The van der Waals surface area contributed by atoms with Crippen molar-refractivity contribution in [1.82, 2.24) is 10.2 Å². The summed E-state index contributed by atoms with van der Waals surface area (Å²) < 4.78 is 5.92. The summed E-state index contributed by atoms with van der Waals surface area (Å²) in [5.74, 6) is 1.95. The Balaban J connectivity index is 1.48. The first-order valence-corrected chi connectivity index (χ1v) is 7.32. The van der Waals surface area contributed by atoms with E-state index in [1.807, 2.05) is 12.1 Å². The molecule has 2 atom stereocenters. The van der Waals surface area contributed by atoms with Gasteiger partial charge in [0.25, 0.3) is 0 Å². The predicted molar refractivity (Wildman–Crippen MR) is 76.0 cm³/mol. The molecule has 3 heteroatoms. The monoisotopic (exact) mass is 256 g/mol. The van der Waals surface area contributed by atoms with Crippen LogP contribution in [0, 0.1) is 5.92 Å². The molecular formula is C16H20N2O. The summed E-state index contributed by atoms with van der Waals surface area (Å²) in [6, 6.07) is 11.2. The molecule has 0 spiro atoms. The second-order valence-corrected chi connectivity index (χ2v) is 5.88. The molecule has 3 heterocycles. The lowest BCUT2D eigenvalue weighted by molar-refractivity contribution is 0.147. The number of hydrogen-bond donors (Lipinski definition) is 1. The zero-order chi connectivity index (χ0) is 12.7. The smallest absolute Gasteiger partial charge is 0.134 e. The van der Waals surface area contributed by atoms with Crippen LogP contribution in [0.15, 0.2) is 34.7 Å². The molecule has 4 rings (SSSR count). The average Bonchev–Trinajstić information content (AvgIpc) is 3.03. The first-order chi connectivity index (χ1) is 9.38. The van der Waals surface area contributed by atoms with Crippen LogP contribution in [-0.2, 0) is 6.54 Å². The van der Waals surface area contributed by atoms with Crippen LogP contribution in [0.25, 0.3) is 11.0 Å². The van der Waals surface area contributed by atoms with Crippen LogP contribution in [0.1, 0.15) is 18.6 Å². The standard InChI is InChI=1S/C16H20N2O/c1-2-4-16-12(3-1)9-14(19-16)11-18-8-6-15-13(10-18)5-7-17-15/h1-4,9,13,15,17H,5-8,10-11H2. The van der Waals surface area contributed by atoms with E-state index < -0.39 is 0 Å². The molecule has 1 aromatic carbocycles. The van der Waals surface area contributed by atoms with Crippen LogP contribution < -0.4 is 5.32 Å². The number of rotatable bonds is 2. The number of piperidine rings is 1. The van der Waals surface area contributed by atoms with Gasteiger partial charge in [0.2, 0.25) is 0 Å². The van der Waals surface area contributed by atoms with Gasteiger partial charge in [-0.3, -0.25) is 4.90 Å². The summed E-state index contributed by atoms with van der Waals surface area (Å²) in [4.78, 5) is 2.55. The summed E-state index contributed by atoms with van der Waals surface area (Å²) in [5.41, 5.74) is 1.01. The van der Waals surface area contributed by atoms with Crippen molar-refractivity contribution in [2.45, 2.75) is 25.4 Å². The van der Waals surface area contributed by atoms with Gasteiger partial charge in [0, 0.05) is 24.5 Å². The van der Waals surface area contributed by atoms with Crippen molar-refractivity contribution in [2.24, 2.45) is 5.92 Å². The zero-order valence-electron chi connectivity index (χ0n) is 11.1. The fourth-order valence-electron chi connectivity index (χ4n) is 3.60. The number of nitrogens with zero attached hydrogens (tertiary/aromatic N) is 1. The highest BCUT2D eigenvalue weighted by molar-refractivity contribution is 5.77.